The molecule has 0 saturated heterocycles. The molecule has 0 aromatic rings. The lowest BCUT2D eigenvalue weighted by Crippen LogP contribution is -2.54. The van der Waals surface area contributed by atoms with Crippen molar-refractivity contribution in [1.82, 2.24) is 4.90 Å². The second kappa shape index (κ2) is 6.53. The summed E-state index contributed by atoms with van der Waals surface area (Å²) in [6.45, 7) is 7.81. The minimum atomic E-state index is -1.47. The van der Waals surface area contributed by atoms with Gasteiger partial charge in [0.2, 0.25) is 0 Å². The van der Waals surface area contributed by atoms with Crippen LogP contribution in [0.3, 0.4) is 0 Å². The Hall–Kier alpha value is -2.16. The first kappa shape index (κ1) is 17.2. The van der Waals surface area contributed by atoms with Gasteiger partial charge in [-0.3, -0.25) is 4.90 Å². The van der Waals surface area contributed by atoms with Crippen LogP contribution >= 0.6 is 0 Å². The van der Waals surface area contributed by atoms with Gasteiger partial charge in [0.25, 0.3) is 0 Å². The minimum absolute atomic E-state index is 0.00384. The Morgan fingerprint density at radius 3 is 2.48 bits per heavy atom. The summed E-state index contributed by atoms with van der Waals surface area (Å²) < 4.78 is 0. The summed E-state index contributed by atoms with van der Waals surface area (Å²) in [5, 5.41) is 37.4. The number of hydrogen-bond donors (Lipinski definition) is 1. The van der Waals surface area contributed by atoms with Gasteiger partial charge in [0, 0.05) is 25.0 Å². The molecule has 2 rings (SSSR count). The molecule has 1 fully saturated rings. The zero-order chi connectivity index (χ0) is 17.2. The van der Waals surface area contributed by atoms with Crippen LogP contribution in [-0.4, -0.2) is 29.7 Å². The van der Waals surface area contributed by atoms with Crippen molar-refractivity contribution in [2.45, 2.75) is 39.7 Å². The summed E-state index contributed by atoms with van der Waals surface area (Å²) in [7, 11) is 0. The monoisotopic (exact) mass is 309 g/mol. The van der Waals surface area contributed by atoms with E-state index in [2.05, 4.69) is 43.0 Å². The molecule has 2 aliphatic rings. The standard InChI is InChI=1S/C18H23N5/c1-4-5-16-15-9-23(12(2)3)7-6-13(15)14(8-19)17(22)18(16,10-20)11-21/h6,12,14-16,22H,4-5,7,9H2,1-3H3/t14-,15-,16+/m0/s1. The van der Waals surface area contributed by atoms with Crippen LogP contribution in [0.1, 0.15) is 33.6 Å². The van der Waals surface area contributed by atoms with Crippen LogP contribution in [0.15, 0.2) is 11.6 Å². The Kier molecular flexibility index (Phi) is 4.88. The second-order valence-corrected chi connectivity index (χ2v) is 6.76. The van der Waals surface area contributed by atoms with Gasteiger partial charge in [-0.05, 0) is 31.8 Å². The highest BCUT2D eigenvalue weighted by molar-refractivity contribution is 6.00. The van der Waals surface area contributed by atoms with Crippen molar-refractivity contribution in [1.29, 1.82) is 21.2 Å². The molecule has 1 saturated carbocycles. The van der Waals surface area contributed by atoms with Crippen LogP contribution in [0.5, 0.6) is 0 Å². The molecule has 0 radical (unpaired) electrons. The lowest BCUT2D eigenvalue weighted by atomic mass is 9.55. The molecule has 0 bridgehead atoms. The van der Waals surface area contributed by atoms with Crippen LogP contribution in [0.4, 0.5) is 0 Å². The third-order valence-electron chi connectivity index (χ3n) is 5.32. The molecule has 1 N–H and O–H groups in total. The molecule has 23 heavy (non-hydrogen) atoms. The van der Waals surface area contributed by atoms with E-state index in [0.717, 1.165) is 31.5 Å². The number of hydrogen-bond acceptors (Lipinski definition) is 5. The molecule has 0 spiro atoms. The SMILES string of the molecule is CCC[C@@H]1[C@H]2CN(C(C)C)CC=C2[C@H](C#N)C(=N)C1(C#N)C#N. The van der Waals surface area contributed by atoms with Crippen molar-refractivity contribution in [3.63, 3.8) is 0 Å². The van der Waals surface area contributed by atoms with Gasteiger partial charge in [-0.1, -0.05) is 19.4 Å². The lowest BCUT2D eigenvalue weighted by Gasteiger charge is -2.48. The van der Waals surface area contributed by atoms with Gasteiger partial charge in [-0.2, -0.15) is 15.8 Å². The van der Waals surface area contributed by atoms with Crippen molar-refractivity contribution >= 4 is 5.71 Å². The molecule has 0 unspecified atom stereocenters. The Morgan fingerprint density at radius 2 is 2.00 bits per heavy atom. The first-order chi connectivity index (χ1) is 11.0. The maximum absolute atomic E-state index is 9.73. The molecule has 0 aromatic carbocycles. The largest absolute Gasteiger partial charge is 0.305 e. The number of nitrogens with one attached hydrogen (secondary N) is 1. The normalized spacial score (nSPS) is 29.9. The van der Waals surface area contributed by atoms with Crippen molar-refractivity contribution in [3.05, 3.63) is 11.6 Å². The van der Waals surface area contributed by atoms with Gasteiger partial charge < -0.3 is 5.41 Å². The highest BCUT2D eigenvalue weighted by Crippen LogP contribution is 2.50. The van der Waals surface area contributed by atoms with Crippen molar-refractivity contribution < 1.29 is 0 Å². The van der Waals surface area contributed by atoms with Crippen molar-refractivity contribution in [2.75, 3.05) is 13.1 Å². The van der Waals surface area contributed by atoms with E-state index >= 15 is 0 Å². The predicted octanol–water partition coefficient (Wildman–Crippen LogP) is 2.88. The molecule has 0 aromatic heterocycles. The second-order valence-electron chi connectivity index (χ2n) is 6.76. The van der Waals surface area contributed by atoms with Crippen LogP contribution in [0.25, 0.3) is 0 Å². The van der Waals surface area contributed by atoms with Crippen molar-refractivity contribution in [3.8, 4) is 18.2 Å². The van der Waals surface area contributed by atoms with Gasteiger partial charge in [-0.15, -0.1) is 0 Å². The summed E-state index contributed by atoms with van der Waals surface area (Å²) in [4.78, 5) is 2.31. The summed E-state index contributed by atoms with van der Waals surface area (Å²) in [6.07, 6.45) is 3.62. The minimum Gasteiger partial charge on any atom is -0.305 e. The third-order valence-corrected chi connectivity index (χ3v) is 5.32. The summed E-state index contributed by atoms with van der Waals surface area (Å²) in [5.74, 6) is -0.946. The lowest BCUT2D eigenvalue weighted by molar-refractivity contribution is 0.137. The smallest absolute Gasteiger partial charge is 0.185 e. The first-order valence-corrected chi connectivity index (χ1v) is 8.21. The Labute approximate surface area is 138 Å². The molecule has 5 nitrogen and oxygen atoms in total. The Balaban J connectivity index is 2.58. The van der Waals surface area contributed by atoms with E-state index in [9.17, 15) is 15.8 Å². The maximum Gasteiger partial charge on any atom is 0.185 e. The highest BCUT2D eigenvalue weighted by Gasteiger charge is 2.56. The molecule has 1 aliphatic heterocycles. The zero-order valence-electron chi connectivity index (χ0n) is 14.0. The zero-order valence-corrected chi connectivity index (χ0v) is 14.0. The van der Waals surface area contributed by atoms with Crippen LogP contribution in [0.2, 0.25) is 0 Å². The van der Waals surface area contributed by atoms with Gasteiger partial charge in [0.15, 0.2) is 5.41 Å². The van der Waals surface area contributed by atoms with E-state index in [4.69, 9.17) is 5.41 Å². The number of nitriles is 3. The fraction of sp³-hybridized carbons (Fsp3) is 0.667. The fourth-order valence-electron chi connectivity index (χ4n) is 3.99. The molecular weight excluding hydrogens is 286 g/mol. The number of fused-ring (bicyclic) bond motifs is 1. The van der Waals surface area contributed by atoms with Crippen LogP contribution in [-0.2, 0) is 0 Å². The molecule has 0 amide bonds. The molecule has 1 heterocycles. The predicted molar refractivity (Wildman–Crippen MR) is 87.2 cm³/mol. The maximum atomic E-state index is 9.73. The highest BCUT2D eigenvalue weighted by atomic mass is 15.2. The van der Waals surface area contributed by atoms with Gasteiger partial charge in [0.1, 0.15) is 5.92 Å². The van der Waals surface area contributed by atoms with Crippen LogP contribution in [0, 0.1) is 62.6 Å². The molecular formula is C18H23N5. The Bertz CT molecular complexity index is 626. The van der Waals surface area contributed by atoms with E-state index in [-0.39, 0.29) is 17.5 Å². The van der Waals surface area contributed by atoms with E-state index < -0.39 is 11.3 Å². The Morgan fingerprint density at radius 1 is 1.35 bits per heavy atom. The van der Waals surface area contributed by atoms with Gasteiger partial charge in [-0.25, -0.2) is 0 Å². The number of nitrogens with zero attached hydrogens (tertiary/aromatic N) is 4. The van der Waals surface area contributed by atoms with Gasteiger partial charge in [0.05, 0.1) is 23.9 Å². The summed E-state index contributed by atoms with van der Waals surface area (Å²) >= 11 is 0. The average Bonchev–Trinajstić information content (AvgIpc) is 2.56. The molecule has 1 aliphatic carbocycles. The van der Waals surface area contributed by atoms with E-state index in [1.165, 1.54) is 0 Å². The topological polar surface area (TPSA) is 98.5 Å². The summed E-state index contributed by atoms with van der Waals surface area (Å²) in [5.41, 5.74) is -0.545. The quantitative estimate of drug-likeness (QED) is 0.810. The molecule has 5 heteroatoms. The van der Waals surface area contributed by atoms with Crippen LogP contribution < -0.4 is 0 Å². The van der Waals surface area contributed by atoms with E-state index in [1.807, 2.05) is 6.92 Å². The van der Waals surface area contributed by atoms with E-state index in [1.54, 1.807) is 0 Å². The average molecular weight is 309 g/mol. The third kappa shape index (κ3) is 2.54. The van der Waals surface area contributed by atoms with Gasteiger partial charge >= 0.3 is 0 Å². The number of rotatable bonds is 3. The fourth-order valence-corrected chi connectivity index (χ4v) is 3.99. The first-order valence-electron chi connectivity index (χ1n) is 8.21. The summed E-state index contributed by atoms with van der Waals surface area (Å²) in [6, 6.07) is 6.76. The molecule has 120 valence electrons. The van der Waals surface area contributed by atoms with Crippen molar-refractivity contribution in [2.24, 2.45) is 23.2 Å². The van der Waals surface area contributed by atoms with E-state index in [0.29, 0.717) is 6.04 Å². The molecule has 3 atom stereocenters.